The van der Waals surface area contributed by atoms with Crippen LogP contribution in [0.1, 0.15) is 23.7 Å². The Balaban J connectivity index is 1.84. The Bertz CT molecular complexity index is 1070. The Hall–Kier alpha value is -2.50. The molecule has 1 amide bonds. The number of aromatic nitrogens is 1. The molecular formula is C20H18ClN3O2. The van der Waals surface area contributed by atoms with Gasteiger partial charge in [-0.2, -0.15) is 0 Å². The maximum Gasteiger partial charge on any atom is 0.255 e. The number of amides is 1. The van der Waals surface area contributed by atoms with E-state index in [1.54, 1.807) is 13.2 Å². The number of fused-ring (bicyclic) bond motifs is 6. The van der Waals surface area contributed by atoms with Crippen LogP contribution in [0.2, 0.25) is 5.02 Å². The highest BCUT2D eigenvalue weighted by Gasteiger charge is 2.53. The second-order valence-corrected chi connectivity index (χ2v) is 7.47. The van der Waals surface area contributed by atoms with E-state index in [1.165, 1.54) is 0 Å². The van der Waals surface area contributed by atoms with Gasteiger partial charge in [-0.05, 0) is 49.2 Å². The van der Waals surface area contributed by atoms with Gasteiger partial charge < -0.3 is 15.0 Å². The number of aromatic amines is 1. The van der Waals surface area contributed by atoms with Crippen LogP contribution >= 0.6 is 11.6 Å². The highest BCUT2D eigenvalue weighted by atomic mass is 35.5. The molecule has 2 aliphatic rings. The molecular weight excluding hydrogens is 350 g/mol. The fourth-order valence-electron chi connectivity index (χ4n) is 4.36. The van der Waals surface area contributed by atoms with E-state index >= 15 is 0 Å². The molecule has 0 saturated carbocycles. The number of carbonyl (C=O) groups is 1. The monoisotopic (exact) mass is 367 g/mol. The van der Waals surface area contributed by atoms with Crippen LogP contribution in [0.4, 0.5) is 5.69 Å². The summed E-state index contributed by atoms with van der Waals surface area (Å²) in [4.78, 5) is 16.7. The van der Waals surface area contributed by atoms with E-state index in [0.717, 1.165) is 45.6 Å². The van der Waals surface area contributed by atoms with Crippen LogP contribution in [0.3, 0.4) is 0 Å². The minimum absolute atomic E-state index is 0.0823. The van der Waals surface area contributed by atoms with Crippen LogP contribution in [-0.4, -0.2) is 24.0 Å². The summed E-state index contributed by atoms with van der Waals surface area (Å²) in [5.74, 6) is 0.701. The van der Waals surface area contributed by atoms with Crippen molar-refractivity contribution in [3.8, 4) is 5.75 Å². The van der Waals surface area contributed by atoms with Crippen LogP contribution < -0.4 is 15.4 Å². The van der Waals surface area contributed by atoms with E-state index in [0.29, 0.717) is 5.02 Å². The van der Waals surface area contributed by atoms with Crippen molar-refractivity contribution in [1.82, 2.24) is 10.3 Å². The van der Waals surface area contributed by atoms with Gasteiger partial charge in [0.2, 0.25) is 0 Å². The van der Waals surface area contributed by atoms with Gasteiger partial charge in [0.15, 0.2) is 5.54 Å². The molecule has 3 heterocycles. The van der Waals surface area contributed by atoms with Gasteiger partial charge in [-0.15, -0.1) is 0 Å². The number of nitrogens with one attached hydrogen (secondary N) is 3. The van der Waals surface area contributed by atoms with E-state index in [4.69, 9.17) is 16.3 Å². The van der Waals surface area contributed by atoms with Gasteiger partial charge in [-0.25, -0.2) is 0 Å². The number of hydrogen-bond acceptors (Lipinski definition) is 3. The molecule has 0 fully saturated rings. The van der Waals surface area contributed by atoms with E-state index in [9.17, 15) is 4.79 Å². The van der Waals surface area contributed by atoms with E-state index < -0.39 is 5.54 Å². The first-order chi connectivity index (χ1) is 12.5. The van der Waals surface area contributed by atoms with Crippen molar-refractivity contribution >= 4 is 34.1 Å². The molecule has 6 heteroatoms. The molecule has 2 aliphatic heterocycles. The zero-order chi connectivity index (χ0) is 18.1. The molecule has 1 aromatic heterocycles. The number of H-pyrrole nitrogens is 1. The van der Waals surface area contributed by atoms with E-state index in [1.807, 2.05) is 24.3 Å². The molecule has 26 heavy (non-hydrogen) atoms. The summed E-state index contributed by atoms with van der Waals surface area (Å²) in [7, 11) is 1.65. The average molecular weight is 368 g/mol. The third-order valence-corrected chi connectivity index (χ3v) is 5.67. The molecule has 2 aromatic carbocycles. The van der Waals surface area contributed by atoms with Crippen molar-refractivity contribution in [2.24, 2.45) is 0 Å². The standard InChI is InChI=1S/C20H18ClN3O2/c1-10-7-14-13-5-4-12(26-2)9-17(13)22-18(14)20(24-10)15-8-11(21)3-6-16(15)23-19(20)25/h3-6,8-10,22,24H,7H2,1-2H3,(H,23,25). The lowest BCUT2D eigenvalue weighted by atomic mass is 9.80. The Kier molecular flexibility index (Phi) is 3.18. The molecule has 132 valence electrons. The molecule has 5 nitrogen and oxygen atoms in total. The van der Waals surface area contributed by atoms with Crippen molar-refractivity contribution in [2.45, 2.75) is 24.9 Å². The lowest BCUT2D eigenvalue weighted by Crippen LogP contribution is -2.56. The second kappa shape index (κ2) is 5.25. The lowest BCUT2D eigenvalue weighted by molar-refractivity contribution is -0.121. The Morgan fingerprint density at radius 1 is 1.23 bits per heavy atom. The first-order valence-electron chi connectivity index (χ1n) is 8.61. The molecule has 1 spiro atoms. The molecule has 2 atom stereocenters. The SMILES string of the molecule is COc1ccc2c3c([nH]c2c1)C1(NC(C)C3)C(=O)Nc2ccc(Cl)cc21. The Morgan fingerprint density at radius 3 is 2.88 bits per heavy atom. The summed E-state index contributed by atoms with van der Waals surface area (Å²) in [6, 6.07) is 11.6. The number of benzene rings is 2. The number of methoxy groups -OCH3 is 1. The van der Waals surface area contributed by atoms with Crippen LogP contribution in [0.5, 0.6) is 5.75 Å². The van der Waals surface area contributed by atoms with Crippen molar-refractivity contribution in [2.75, 3.05) is 12.4 Å². The largest absolute Gasteiger partial charge is 0.497 e. The first kappa shape index (κ1) is 15.7. The normalized spacial score (nSPS) is 23.8. The lowest BCUT2D eigenvalue weighted by Gasteiger charge is -2.37. The minimum atomic E-state index is -0.959. The van der Waals surface area contributed by atoms with Crippen LogP contribution in [0.25, 0.3) is 10.9 Å². The van der Waals surface area contributed by atoms with Gasteiger partial charge in [0.1, 0.15) is 5.75 Å². The Labute approximate surface area is 155 Å². The van der Waals surface area contributed by atoms with E-state index in [2.05, 4.69) is 28.6 Å². The van der Waals surface area contributed by atoms with Crippen molar-refractivity contribution in [1.29, 1.82) is 0 Å². The summed E-state index contributed by atoms with van der Waals surface area (Å²) >= 11 is 6.26. The minimum Gasteiger partial charge on any atom is -0.497 e. The predicted octanol–water partition coefficient (Wildman–Crippen LogP) is 3.56. The maximum absolute atomic E-state index is 13.2. The summed E-state index contributed by atoms with van der Waals surface area (Å²) in [5, 5.41) is 8.28. The van der Waals surface area contributed by atoms with Gasteiger partial charge in [0, 0.05) is 39.3 Å². The van der Waals surface area contributed by atoms with Crippen LogP contribution in [0, 0.1) is 0 Å². The third kappa shape index (κ3) is 1.93. The topological polar surface area (TPSA) is 66.1 Å². The second-order valence-electron chi connectivity index (χ2n) is 7.03. The number of carbonyl (C=O) groups excluding carboxylic acids is 1. The smallest absolute Gasteiger partial charge is 0.255 e. The number of halogens is 1. The molecule has 0 saturated heterocycles. The summed E-state index contributed by atoms with van der Waals surface area (Å²) in [5.41, 5.74) is 3.71. The molecule has 3 aromatic rings. The zero-order valence-corrected chi connectivity index (χ0v) is 15.2. The number of ether oxygens (including phenoxy) is 1. The van der Waals surface area contributed by atoms with Gasteiger partial charge in [-0.3, -0.25) is 10.1 Å². The van der Waals surface area contributed by atoms with Gasteiger partial charge >= 0.3 is 0 Å². The zero-order valence-electron chi connectivity index (χ0n) is 14.4. The summed E-state index contributed by atoms with van der Waals surface area (Å²) in [6.07, 6.45) is 0.840. The fraction of sp³-hybridized carbons (Fsp3) is 0.250. The fourth-order valence-corrected chi connectivity index (χ4v) is 4.53. The number of hydrogen-bond donors (Lipinski definition) is 3. The molecule has 5 rings (SSSR count). The van der Waals surface area contributed by atoms with Gasteiger partial charge in [-0.1, -0.05) is 11.6 Å². The van der Waals surface area contributed by atoms with E-state index in [-0.39, 0.29) is 11.9 Å². The Morgan fingerprint density at radius 2 is 2.08 bits per heavy atom. The third-order valence-electron chi connectivity index (χ3n) is 5.44. The molecule has 0 bridgehead atoms. The average Bonchev–Trinajstić information content (AvgIpc) is 3.11. The van der Waals surface area contributed by atoms with Crippen LogP contribution in [0.15, 0.2) is 36.4 Å². The highest BCUT2D eigenvalue weighted by Crippen LogP contribution is 2.47. The molecule has 2 unspecified atom stereocenters. The summed E-state index contributed by atoms with van der Waals surface area (Å²) < 4.78 is 5.35. The number of rotatable bonds is 1. The quantitative estimate of drug-likeness (QED) is 0.616. The first-order valence-corrected chi connectivity index (χ1v) is 8.99. The molecule has 3 N–H and O–H groups in total. The van der Waals surface area contributed by atoms with Crippen LogP contribution in [-0.2, 0) is 16.8 Å². The molecule has 0 aliphatic carbocycles. The summed E-state index contributed by atoms with van der Waals surface area (Å²) in [6.45, 7) is 2.10. The van der Waals surface area contributed by atoms with Gasteiger partial charge in [0.05, 0.1) is 12.8 Å². The predicted molar refractivity (Wildman–Crippen MR) is 102 cm³/mol. The van der Waals surface area contributed by atoms with Crippen molar-refractivity contribution in [3.05, 3.63) is 58.2 Å². The highest BCUT2D eigenvalue weighted by molar-refractivity contribution is 6.31. The van der Waals surface area contributed by atoms with Gasteiger partial charge in [0.25, 0.3) is 5.91 Å². The maximum atomic E-state index is 13.2. The van der Waals surface area contributed by atoms with Crippen molar-refractivity contribution in [3.63, 3.8) is 0 Å². The number of anilines is 1. The molecule has 0 radical (unpaired) electrons. The van der Waals surface area contributed by atoms with Crippen molar-refractivity contribution < 1.29 is 9.53 Å².